The zero-order valence-electron chi connectivity index (χ0n) is 12.7. The Morgan fingerprint density at radius 2 is 1.80 bits per heavy atom. The molecule has 20 heavy (non-hydrogen) atoms. The lowest BCUT2D eigenvalue weighted by molar-refractivity contribution is 0.00578. The van der Waals surface area contributed by atoms with Gasteiger partial charge in [0, 0.05) is 11.3 Å². The Kier molecular flexibility index (Phi) is 3.91. The first-order valence-electron chi connectivity index (χ1n) is 6.73. The molecule has 2 rings (SSSR count). The van der Waals surface area contributed by atoms with Crippen molar-refractivity contribution < 1.29 is 9.31 Å². The Morgan fingerprint density at radius 3 is 2.35 bits per heavy atom. The molecule has 1 aliphatic rings. The van der Waals surface area contributed by atoms with Crippen LogP contribution >= 0.6 is 0 Å². The van der Waals surface area contributed by atoms with Crippen LogP contribution in [0, 0.1) is 6.92 Å². The molecular formula is C14H22BN3O2. The Bertz CT molecular complexity index is 513. The quantitative estimate of drug-likeness (QED) is 0.503. The molecular weight excluding hydrogens is 253 g/mol. The lowest BCUT2D eigenvalue weighted by atomic mass is 9.89. The van der Waals surface area contributed by atoms with Gasteiger partial charge in [-0.15, -0.1) is 0 Å². The molecule has 0 unspecified atom stereocenters. The Morgan fingerprint density at radius 1 is 1.20 bits per heavy atom. The first-order valence-corrected chi connectivity index (χ1v) is 6.73. The number of hydrazine groups is 1. The van der Waals surface area contributed by atoms with Gasteiger partial charge in [0.15, 0.2) is 0 Å². The van der Waals surface area contributed by atoms with Gasteiger partial charge in [0.1, 0.15) is 5.82 Å². The van der Waals surface area contributed by atoms with Gasteiger partial charge in [0.25, 0.3) is 0 Å². The van der Waals surface area contributed by atoms with Gasteiger partial charge in [-0.1, -0.05) is 12.1 Å². The maximum Gasteiger partial charge on any atom is 0.487 e. The van der Waals surface area contributed by atoms with Crippen LogP contribution in [0.5, 0.6) is 0 Å². The lowest BCUT2D eigenvalue weighted by Crippen LogP contribution is -2.41. The van der Waals surface area contributed by atoms with Crippen molar-refractivity contribution in [3.8, 4) is 0 Å². The van der Waals surface area contributed by atoms with Gasteiger partial charge in [-0.2, -0.15) is 0 Å². The molecule has 108 valence electrons. The van der Waals surface area contributed by atoms with E-state index in [0.717, 1.165) is 11.3 Å². The zero-order chi connectivity index (χ0) is 15.0. The second-order valence-corrected chi connectivity index (χ2v) is 6.02. The normalized spacial score (nSPS) is 20.6. The van der Waals surface area contributed by atoms with Crippen LogP contribution in [0.25, 0.3) is 6.08 Å². The Balaban J connectivity index is 2.16. The molecule has 0 aromatic carbocycles. The zero-order valence-corrected chi connectivity index (χ0v) is 12.7. The number of pyridine rings is 1. The van der Waals surface area contributed by atoms with Gasteiger partial charge in [-0.05, 0) is 46.8 Å². The monoisotopic (exact) mass is 275 g/mol. The molecule has 1 aromatic heterocycles. The number of hydrogen-bond acceptors (Lipinski definition) is 5. The number of hydrogen-bond donors (Lipinski definition) is 2. The highest BCUT2D eigenvalue weighted by Gasteiger charge is 2.49. The van der Waals surface area contributed by atoms with Crippen molar-refractivity contribution in [2.75, 3.05) is 5.43 Å². The molecule has 0 aliphatic carbocycles. The average molecular weight is 275 g/mol. The van der Waals surface area contributed by atoms with Crippen LogP contribution in [0.1, 0.15) is 39.0 Å². The number of aryl methyl sites for hydroxylation is 1. The number of nitrogens with one attached hydrogen (secondary N) is 1. The second kappa shape index (κ2) is 5.20. The van der Waals surface area contributed by atoms with E-state index < -0.39 is 0 Å². The standard InChI is InChI=1S/C14H22BN3O2/c1-10-6-7-11(12(17-10)18-16)8-9-15-19-13(2,3)14(4,5)20-15/h6-9H,16H2,1-5H3,(H,17,18)/b9-8+. The minimum atomic E-state index is -0.369. The van der Waals surface area contributed by atoms with E-state index in [2.05, 4.69) is 10.4 Å². The SMILES string of the molecule is Cc1ccc(/C=C/B2OC(C)(C)C(C)(C)O2)c(NN)n1. The summed E-state index contributed by atoms with van der Waals surface area (Å²) in [4.78, 5) is 4.33. The van der Waals surface area contributed by atoms with Crippen LogP contribution in [0.15, 0.2) is 18.1 Å². The number of nitrogens with two attached hydrogens (primary N) is 1. The summed E-state index contributed by atoms with van der Waals surface area (Å²) in [5.41, 5.74) is 3.74. The minimum absolute atomic E-state index is 0.331. The Hall–Kier alpha value is -1.37. The van der Waals surface area contributed by atoms with E-state index in [1.54, 1.807) is 0 Å². The molecule has 3 N–H and O–H groups in total. The van der Waals surface area contributed by atoms with Gasteiger partial charge in [0.05, 0.1) is 11.2 Å². The summed E-state index contributed by atoms with van der Waals surface area (Å²) in [5, 5.41) is 0. The largest absolute Gasteiger partial charge is 0.487 e. The van der Waals surface area contributed by atoms with Gasteiger partial charge in [-0.25, -0.2) is 10.8 Å². The third kappa shape index (κ3) is 2.87. The highest BCUT2D eigenvalue weighted by atomic mass is 16.7. The van der Waals surface area contributed by atoms with Crippen LogP contribution in [-0.2, 0) is 9.31 Å². The number of anilines is 1. The maximum absolute atomic E-state index is 5.90. The van der Waals surface area contributed by atoms with Crippen molar-refractivity contribution >= 4 is 19.0 Å². The fraction of sp³-hybridized carbons (Fsp3) is 0.500. The second-order valence-electron chi connectivity index (χ2n) is 6.02. The van der Waals surface area contributed by atoms with Gasteiger partial charge >= 0.3 is 7.12 Å². The average Bonchev–Trinajstić information content (AvgIpc) is 2.56. The lowest BCUT2D eigenvalue weighted by Gasteiger charge is -2.32. The topological polar surface area (TPSA) is 69.4 Å². The van der Waals surface area contributed by atoms with Crippen LogP contribution < -0.4 is 11.3 Å². The van der Waals surface area contributed by atoms with Crippen molar-refractivity contribution in [1.29, 1.82) is 0 Å². The third-order valence-electron chi connectivity index (χ3n) is 3.91. The van der Waals surface area contributed by atoms with Crippen molar-refractivity contribution in [2.45, 2.75) is 45.8 Å². The van der Waals surface area contributed by atoms with Crippen LogP contribution in [0.3, 0.4) is 0 Å². The smallest absolute Gasteiger partial charge is 0.400 e. The van der Waals surface area contributed by atoms with E-state index >= 15 is 0 Å². The van der Waals surface area contributed by atoms with E-state index in [-0.39, 0.29) is 18.3 Å². The highest BCUT2D eigenvalue weighted by Crippen LogP contribution is 2.37. The van der Waals surface area contributed by atoms with Crippen LogP contribution in [-0.4, -0.2) is 23.3 Å². The van der Waals surface area contributed by atoms with E-state index in [1.807, 2.05) is 58.8 Å². The fourth-order valence-corrected chi connectivity index (χ4v) is 1.97. The summed E-state index contributed by atoms with van der Waals surface area (Å²) in [6.07, 6.45) is 1.91. The molecule has 0 radical (unpaired) electrons. The van der Waals surface area contributed by atoms with Gasteiger partial charge in [0.2, 0.25) is 0 Å². The van der Waals surface area contributed by atoms with Gasteiger partial charge < -0.3 is 14.7 Å². The van der Waals surface area contributed by atoms with Crippen LogP contribution in [0.2, 0.25) is 0 Å². The summed E-state index contributed by atoms with van der Waals surface area (Å²) in [5.74, 6) is 8.00. The third-order valence-corrected chi connectivity index (χ3v) is 3.91. The molecule has 0 spiro atoms. The number of aromatic nitrogens is 1. The molecule has 0 saturated carbocycles. The van der Waals surface area contributed by atoms with Crippen molar-refractivity contribution in [3.05, 3.63) is 29.4 Å². The first kappa shape index (κ1) is 15.0. The van der Waals surface area contributed by atoms with Crippen molar-refractivity contribution in [3.63, 3.8) is 0 Å². The first-order chi connectivity index (χ1) is 9.25. The molecule has 1 aromatic rings. The van der Waals surface area contributed by atoms with E-state index in [4.69, 9.17) is 15.2 Å². The summed E-state index contributed by atoms with van der Waals surface area (Å²) in [6.45, 7) is 10.0. The fourth-order valence-electron chi connectivity index (χ4n) is 1.97. The number of nitrogens with zero attached hydrogens (tertiary/aromatic N) is 1. The minimum Gasteiger partial charge on any atom is -0.400 e. The Labute approximate surface area is 120 Å². The molecule has 1 aliphatic heterocycles. The predicted octanol–water partition coefficient (Wildman–Crippen LogP) is 2.32. The summed E-state index contributed by atoms with van der Waals surface area (Å²) in [6, 6.07) is 3.89. The summed E-state index contributed by atoms with van der Waals surface area (Å²) >= 11 is 0. The van der Waals surface area contributed by atoms with Crippen molar-refractivity contribution in [2.24, 2.45) is 5.84 Å². The molecule has 0 amide bonds. The molecule has 5 nitrogen and oxygen atoms in total. The van der Waals surface area contributed by atoms with E-state index in [0.29, 0.717) is 5.82 Å². The summed E-state index contributed by atoms with van der Waals surface area (Å²) < 4.78 is 11.8. The highest BCUT2D eigenvalue weighted by molar-refractivity contribution is 6.52. The molecule has 0 bridgehead atoms. The van der Waals surface area contributed by atoms with E-state index in [1.165, 1.54) is 0 Å². The molecule has 6 heteroatoms. The molecule has 2 heterocycles. The molecule has 0 atom stereocenters. The molecule has 1 fully saturated rings. The maximum atomic E-state index is 5.90. The van der Waals surface area contributed by atoms with Crippen molar-refractivity contribution in [1.82, 2.24) is 4.98 Å². The number of rotatable bonds is 3. The van der Waals surface area contributed by atoms with E-state index in [9.17, 15) is 0 Å². The predicted molar refractivity (Wildman–Crippen MR) is 81.9 cm³/mol. The summed E-state index contributed by atoms with van der Waals surface area (Å²) in [7, 11) is -0.369. The number of nitrogen functional groups attached to an aromatic ring is 1. The van der Waals surface area contributed by atoms with Crippen LogP contribution in [0.4, 0.5) is 5.82 Å². The van der Waals surface area contributed by atoms with Gasteiger partial charge in [-0.3, -0.25) is 0 Å². The molecule has 1 saturated heterocycles.